The second-order valence-corrected chi connectivity index (χ2v) is 8.74. The van der Waals surface area contributed by atoms with Crippen LogP contribution in [0.5, 0.6) is 0 Å². The molecule has 3 aliphatic rings. The van der Waals surface area contributed by atoms with Crippen LogP contribution in [0.1, 0.15) is 62.6 Å². The van der Waals surface area contributed by atoms with E-state index in [0.29, 0.717) is 30.5 Å². The number of carbonyl (C=O) groups excluding carboxylic acids is 2. The van der Waals surface area contributed by atoms with Crippen LogP contribution in [-0.2, 0) is 16.0 Å². The predicted molar refractivity (Wildman–Crippen MR) is 101 cm³/mol. The van der Waals surface area contributed by atoms with Crippen LogP contribution in [0.3, 0.4) is 0 Å². The van der Waals surface area contributed by atoms with Crippen molar-refractivity contribution in [2.75, 3.05) is 19.6 Å². The first kappa shape index (κ1) is 18.3. The van der Waals surface area contributed by atoms with Crippen molar-refractivity contribution in [1.82, 2.24) is 20.0 Å². The number of rotatable bonds is 3. The average molecular weight is 374 g/mol. The van der Waals surface area contributed by atoms with E-state index in [1.165, 1.54) is 12.8 Å². The average Bonchev–Trinajstić information content (AvgIpc) is 3.30. The SMILES string of the molecule is Cc1[nH][nH]c(=O)c1CC(=O)N1CCC[C@@]2(CCC(=O)N(C3CCCC3)C2)C1. The molecule has 27 heavy (non-hydrogen) atoms. The third-order valence-corrected chi connectivity index (χ3v) is 6.89. The van der Waals surface area contributed by atoms with E-state index in [0.717, 1.165) is 50.9 Å². The fourth-order valence-corrected chi connectivity index (χ4v) is 5.29. The molecule has 3 fully saturated rings. The van der Waals surface area contributed by atoms with Crippen LogP contribution < -0.4 is 5.56 Å². The normalized spacial score (nSPS) is 26.9. The maximum Gasteiger partial charge on any atom is 0.267 e. The Morgan fingerprint density at radius 3 is 2.59 bits per heavy atom. The Morgan fingerprint density at radius 1 is 1.11 bits per heavy atom. The van der Waals surface area contributed by atoms with E-state index in [2.05, 4.69) is 15.1 Å². The van der Waals surface area contributed by atoms with Crippen LogP contribution in [0, 0.1) is 12.3 Å². The Kier molecular flexibility index (Phi) is 4.86. The quantitative estimate of drug-likeness (QED) is 0.844. The number of hydrogen-bond acceptors (Lipinski definition) is 3. The van der Waals surface area contributed by atoms with Gasteiger partial charge in [0.2, 0.25) is 11.8 Å². The minimum Gasteiger partial charge on any atom is -0.342 e. The zero-order valence-corrected chi connectivity index (χ0v) is 16.2. The monoisotopic (exact) mass is 374 g/mol. The molecule has 3 heterocycles. The first-order valence-electron chi connectivity index (χ1n) is 10.3. The molecule has 1 aliphatic carbocycles. The first-order chi connectivity index (χ1) is 13.0. The smallest absolute Gasteiger partial charge is 0.267 e. The lowest BCUT2D eigenvalue weighted by Crippen LogP contribution is -2.57. The molecule has 7 nitrogen and oxygen atoms in total. The van der Waals surface area contributed by atoms with Crippen molar-refractivity contribution in [3.05, 3.63) is 21.6 Å². The number of hydrogen-bond donors (Lipinski definition) is 2. The van der Waals surface area contributed by atoms with Crippen molar-refractivity contribution in [2.45, 2.75) is 70.8 Å². The summed E-state index contributed by atoms with van der Waals surface area (Å²) in [5.41, 5.74) is 1.09. The largest absolute Gasteiger partial charge is 0.342 e. The zero-order chi connectivity index (χ0) is 19.0. The van der Waals surface area contributed by atoms with Crippen LogP contribution in [0.25, 0.3) is 0 Å². The summed E-state index contributed by atoms with van der Waals surface area (Å²) in [6.07, 6.45) is 8.37. The molecule has 4 rings (SSSR count). The Labute approximate surface area is 159 Å². The molecule has 2 saturated heterocycles. The molecule has 2 aliphatic heterocycles. The molecule has 7 heteroatoms. The third kappa shape index (κ3) is 3.56. The molecule has 1 saturated carbocycles. The summed E-state index contributed by atoms with van der Waals surface area (Å²) < 4.78 is 0. The summed E-state index contributed by atoms with van der Waals surface area (Å²) in [5.74, 6) is 0.317. The van der Waals surface area contributed by atoms with Crippen LogP contribution in [0.15, 0.2) is 4.79 Å². The van der Waals surface area contributed by atoms with Crippen molar-refractivity contribution in [3.63, 3.8) is 0 Å². The van der Waals surface area contributed by atoms with Gasteiger partial charge in [0.15, 0.2) is 0 Å². The van der Waals surface area contributed by atoms with Gasteiger partial charge in [0.25, 0.3) is 5.56 Å². The van der Waals surface area contributed by atoms with Crippen molar-refractivity contribution < 1.29 is 9.59 Å². The number of H-pyrrole nitrogens is 2. The summed E-state index contributed by atoms with van der Waals surface area (Å²) in [6, 6.07) is 0.404. The van der Waals surface area contributed by atoms with E-state index in [9.17, 15) is 14.4 Å². The lowest BCUT2D eigenvalue weighted by molar-refractivity contribution is -0.145. The van der Waals surface area contributed by atoms with Gasteiger partial charge in [-0.1, -0.05) is 12.8 Å². The third-order valence-electron chi connectivity index (χ3n) is 6.89. The Hall–Kier alpha value is -2.05. The summed E-state index contributed by atoms with van der Waals surface area (Å²) in [6.45, 7) is 4.07. The standard InChI is InChI=1S/C20H30N4O3/c1-14-16(19(27)22-21-14)11-18(26)23-10-4-8-20(12-23)9-7-17(25)24(13-20)15-5-2-3-6-15/h15H,2-13H2,1H3,(H2,21,22,27)/t20-/m1/s1. The number of amides is 2. The van der Waals surface area contributed by atoms with Gasteiger partial charge in [0, 0.05) is 48.8 Å². The van der Waals surface area contributed by atoms with Crippen molar-refractivity contribution in [2.24, 2.45) is 5.41 Å². The molecule has 1 atom stereocenters. The van der Waals surface area contributed by atoms with Crippen LogP contribution in [0.2, 0.25) is 0 Å². The van der Waals surface area contributed by atoms with Gasteiger partial charge < -0.3 is 14.9 Å². The topological polar surface area (TPSA) is 89.3 Å². The highest BCUT2D eigenvalue weighted by molar-refractivity contribution is 5.80. The van der Waals surface area contributed by atoms with Gasteiger partial charge in [-0.05, 0) is 39.0 Å². The molecule has 1 aromatic heterocycles. The highest BCUT2D eigenvalue weighted by atomic mass is 16.2. The van der Waals surface area contributed by atoms with Gasteiger partial charge in [-0.25, -0.2) is 0 Å². The number of piperidine rings is 2. The van der Waals surface area contributed by atoms with Gasteiger partial charge in [0.1, 0.15) is 0 Å². The van der Waals surface area contributed by atoms with Gasteiger partial charge in [0.05, 0.1) is 6.42 Å². The second kappa shape index (κ2) is 7.17. The molecule has 2 N–H and O–H groups in total. The van der Waals surface area contributed by atoms with Gasteiger partial charge in [-0.3, -0.25) is 19.5 Å². The van der Waals surface area contributed by atoms with E-state index < -0.39 is 0 Å². The maximum atomic E-state index is 12.9. The Morgan fingerprint density at radius 2 is 1.89 bits per heavy atom. The molecule has 0 unspecified atom stereocenters. The molecule has 148 valence electrons. The van der Waals surface area contributed by atoms with Gasteiger partial charge in [-0.2, -0.15) is 0 Å². The van der Waals surface area contributed by atoms with Crippen molar-refractivity contribution in [3.8, 4) is 0 Å². The summed E-state index contributed by atoms with van der Waals surface area (Å²) in [4.78, 5) is 41.3. The maximum absolute atomic E-state index is 12.9. The molecule has 0 bridgehead atoms. The van der Waals surface area contributed by atoms with Crippen LogP contribution in [-0.4, -0.2) is 57.5 Å². The lowest BCUT2D eigenvalue weighted by atomic mass is 9.73. The Bertz CT molecular complexity index is 776. The molecule has 1 aromatic rings. The lowest BCUT2D eigenvalue weighted by Gasteiger charge is -2.49. The van der Waals surface area contributed by atoms with E-state index >= 15 is 0 Å². The van der Waals surface area contributed by atoms with Gasteiger partial charge >= 0.3 is 0 Å². The molecule has 1 spiro atoms. The van der Waals surface area contributed by atoms with E-state index in [4.69, 9.17) is 0 Å². The number of carbonyl (C=O) groups is 2. The Balaban J connectivity index is 1.46. The highest BCUT2D eigenvalue weighted by Crippen LogP contribution is 2.41. The van der Waals surface area contributed by atoms with Gasteiger partial charge in [-0.15, -0.1) is 0 Å². The van der Waals surface area contributed by atoms with Crippen LogP contribution in [0.4, 0.5) is 0 Å². The van der Waals surface area contributed by atoms with E-state index in [1.807, 2.05) is 11.8 Å². The fourth-order valence-electron chi connectivity index (χ4n) is 5.29. The molecule has 2 amide bonds. The number of nitrogens with one attached hydrogen (secondary N) is 2. The first-order valence-corrected chi connectivity index (χ1v) is 10.3. The number of aromatic nitrogens is 2. The molecular formula is C20H30N4O3. The fraction of sp³-hybridized carbons (Fsp3) is 0.750. The zero-order valence-electron chi connectivity index (χ0n) is 16.2. The number of aromatic amines is 2. The molecular weight excluding hydrogens is 344 g/mol. The predicted octanol–water partition coefficient (Wildman–Crippen LogP) is 1.73. The summed E-state index contributed by atoms with van der Waals surface area (Å²) in [7, 11) is 0. The number of aryl methyl sites for hydroxylation is 1. The number of likely N-dealkylation sites (tertiary alicyclic amines) is 2. The molecule has 0 aromatic carbocycles. The highest BCUT2D eigenvalue weighted by Gasteiger charge is 2.44. The van der Waals surface area contributed by atoms with E-state index in [1.54, 1.807) is 0 Å². The summed E-state index contributed by atoms with van der Waals surface area (Å²) in [5, 5.41) is 5.34. The van der Waals surface area contributed by atoms with Crippen LogP contribution >= 0.6 is 0 Å². The number of nitrogens with zero attached hydrogens (tertiary/aromatic N) is 2. The van der Waals surface area contributed by atoms with Crippen molar-refractivity contribution in [1.29, 1.82) is 0 Å². The van der Waals surface area contributed by atoms with E-state index in [-0.39, 0.29) is 23.3 Å². The summed E-state index contributed by atoms with van der Waals surface area (Å²) >= 11 is 0. The minimum absolute atomic E-state index is 0.0200. The minimum atomic E-state index is -0.205. The molecule has 0 radical (unpaired) electrons. The van der Waals surface area contributed by atoms with Crippen molar-refractivity contribution >= 4 is 11.8 Å². The second-order valence-electron chi connectivity index (χ2n) is 8.74.